The Hall–Kier alpha value is -2.11. The standard InChI is InChI=1S/C9H9N3O3/c1-2-12-8-6(5(13)3-4-10-8)7(11-12)9(14)15/h3-4H,2H2,1H3,(H,10,13)(H,14,15). The number of rotatable bonds is 2. The molecule has 0 saturated heterocycles. The summed E-state index contributed by atoms with van der Waals surface area (Å²) in [5, 5.41) is 12.9. The minimum Gasteiger partial charge on any atom is -0.476 e. The van der Waals surface area contributed by atoms with Crippen molar-refractivity contribution in [3.8, 4) is 0 Å². The van der Waals surface area contributed by atoms with E-state index >= 15 is 0 Å². The number of carbonyl (C=O) groups is 1. The first-order valence-electron chi connectivity index (χ1n) is 4.46. The fraction of sp³-hybridized carbons (Fsp3) is 0.222. The monoisotopic (exact) mass is 207 g/mol. The second kappa shape index (κ2) is 3.23. The van der Waals surface area contributed by atoms with E-state index in [9.17, 15) is 9.59 Å². The number of aryl methyl sites for hydroxylation is 1. The van der Waals surface area contributed by atoms with Crippen LogP contribution in [0.4, 0.5) is 0 Å². The highest BCUT2D eigenvalue weighted by Gasteiger charge is 2.18. The SMILES string of the molecule is CCn1nc(C(=O)O)c2c(=O)cc[nH]c21. The lowest BCUT2D eigenvalue weighted by atomic mass is 10.2. The molecule has 0 aliphatic carbocycles. The summed E-state index contributed by atoms with van der Waals surface area (Å²) >= 11 is 0. The molecule has 0 amide bonds. The number of H-pyrrole nitrogens is 1. The number of carboxylic acids is 1. The third-order valence-electron chi connectivity index (χ3n) is 2.16. The summed E-state index contributed by atoms with van der Waals surface area (Å²) in [5.41, 5.74) is -0.0862. The molecule has 0 spiro atoms. The Morgan fingerprint density at radius 1 is 1.67 bits per heavy atom. The van der Waals surface area contributed by atoms with Gasteiger partial charge in [-0.05, 0) is 6.92 Å². The number of pyridine rings is 1. The zero-order chi connectivity index (χ0) is 11.0. The first kappa shape index (κ1) is 9.45. The number of nitrogens with one attached hydrogen (secondary N) is 1. The molecule has 0 saturated carbocycles. The Labute approximate surface area is 84.2 Å². The molecule has 78 valence electrons. The third-order valence-corrected chi connectivity index (χ3v) is 2.16. The fourth-order valence-corrected chi connectivity index (χ4v) is 1.50. The summed E-state index contributed by atoms with van der Waals surface area (Å²) < 4.78 is 1.46. The smallest absolute Gasteiger partial charge is 0.357 e. The van der Waals surface area contributed by atoms with Crippen molar-refractivity contribution in [2.45, 2.75) is 13.5 Å². The Bertz CT molecular complexity index is 582. The van der Waals surface area contributed by atoms with Gasteiger partial charge in [-0.1, -0.05) is 0 Å². The average Bonchev–Trinajstić information content (AvgIpc) is 2.58. The van der Waals surface area contributed by atoms with Crippen molar-refractivity contribution >= 4 is 17.0 Å². The molecule has 2 aromatic heterocycles. The second-order valence-corrected chi connectivity index (χ2v) is 3.04. The molecule has 0 radical (unpaired) electrons. The number of aromatic carboxylic acids is 1. The van der Waals surface area contributed by atoms with E-state index in [0.717, 1.165) is 0 Å². The highest BCUT2D eigenvalue weighted by atomic mass is 16.4. The minimum atomic E-state index is -1.19. The van der Waals surface area contributed by atoms with Crippen LogP contribution in [-0.2, 0) is 6.54 Å². The first-order valence-corrected chi connectivity index (χ1v) is 4.46. The summed E-state index contributed by atoms with van der Waals surface area (Å²) in [5.74, 6) is -1.19. The lowest BCUT2D eigenvalue weighted by Gasteiger charge is -1.95. The molecule has 2 heterocycles. The van der Waals surface area contributed by atoms with Gasteiger partial charge in [0.2, 0.25) is 0 Å². The molecule has 0 atom stereocenters. The van der Waals surface area contributed by atoms with Gasteiger partial charge in [0.05, 0.1) is 5.39 Å². The highest BCUT2D eigenvalue weighted by molar-refractivity contribution is 5.99. The molecule has 2 N–H and O–H groups in total. The number of hydrogen-bond donors (Lipinski definition) is 2. The summed E-state index contributed by atoms with van der Waals surface area (Å²) in [6, 6.07) is 1.29. The molecule has 0 aliphatic heterocycles. The van der Waals surface area contributed by atoms with Crippen LogP contribution in [0.15, 0.2) is 17.1 Å². The maximum absolute atomic E-state index is 11.5. The number of hydrogen-bond acceptors (Lipinski definition) is 3. The Kier molecular flexibility index (Phi) is 2.03. The molecule has 0 aromatic carbocycles. The van der Waals surface area contributed by atoms with Crippen molar-refractivity contribution in [1.29, 1.82) is 0 Å². The predicted octanol–water partition coefficient (Wildman–Crippen LogP) is 0.443. The van der Waals surface area contributed by atoms with E-state index in [4.69, 9.17) is 5.11 Å². The van der Waals surface area contributed by atoms with E-state index in [1.54, 1.807) is 0 Å². The van der Waals surface area contributed by atoms with Gasteiger partial charge in [-0.25, -0.2) is 9.48 Å². The van der Waals surface area contributed by atoms with E-state index in [0.29, 0.717) is 12.2 Å². The molecular weight excluding hydrogens is 198 g/mol. The van der Waals surface area contributed by atoms with E-state index < -0.39 is 5.97 Å². The van der Waals surface area contributed by atoms with Gasteiger partial charge in [-0.2, -0.15) is 5.10 Å². The van der Waals surface area contributed by atoms with Crippen LogP contribution in [0.3, 0.4) is 0 Å². The van der Waals surface area contributed by atoms with Crippen molar-refractivity contribution in [3.63, 3.8) is 0 Å². The van der Waals surface area contributed by atoms with Crippen LogP contribution in [0.2, 0.25) is 0 Å². The van der Waals surface area contributed by atoms with Gasteiger partial charge in [0.25, 0.3) is 0 Å². The molecule has 6 heteroatoms. The van der Waals surface area contributed by atoms with Crippen LogP contribution in [0.1, 0.15) is 17.4 Å². The molecule has 6 nitrogen and oxygen atoms in total. The fourth-order valence-electron chi connectivity index (χ4n) is 1.50. The Morgan fingerprint density at radius 2 is 2.40 bits per heavy atom. The van der Waals surface area contributed by atoms with Gasteiger partial charge in [-0.15, -0.1) is 0 Å². The molecule has 15 heavy (non-hydrogen) atoms. The lowest BCUT2D eigenvalue weighted by Crippen LogP contribution is -2.05. The van der Waals surface area contributed by atoms with Crippen LogP contribution < -0.4 is 5.43 Å². The third kappa shape index (κ3) is 1.30. The van der Waals surface area contributed by atoms with Crippen LogP contribution in [0.25, 0.3) is 11.0 Å². The Morgan fingerprint density at radius 3 is 3.00 bits per heavy atom. The highest BCUT2D eigenvalue weighted by Crippen LogP contribution is 2.11. The number of aromatic nitrogens is 3. The number of carboxylic acid groups (broad SMARTS) is 1. The van der Waals surface area contributed by atoms with Crippen molar-refractivity contribution in [1.82, 2.24) is 14.8 Å². The maximum atomic E-state index is 11.5. The summed E-state index contributed by atoms with van der Waals surface area (Å²) in [6.07, 6.45) is 1.48. The average molecular weight is 207 g/mol. The zero-order valence-electron chi connectivity index (χ0n) is 8.02. The van der Waals surface area contributed by atoms with Gasteiger partial charge in [0.1, 0.15) is 5.65 Å². The number of nitrogens with zero attached hydrogens (tertiary/aromatic N) is 2. The predicted molar refractivity (Wildman–Crippen MR) is 53.0 cm³/mol. The summed E-state index contributed by atoms with van der Waals surface area (Å²) in [6.45, 7) is 2.33. The van der Waals surface area contributed by atoms with Crippen molar-refractivity contribution in [2.24, 2.45) is 0 Å². The second-order valence-electron chi connectivity index (χ2n) is 3.04. The van der Waals surface area contributed by atoms with Gasteiger partial charge in [-0.3, -0.25) is 4.79 Å². The van der Waals surface area contributed by atoms with Gasteiger partial charge >= 0.3 is 5.97 Å². The molecule has 0 bridgehead atoms. The van der Waals surface area contributed by atoms with Crippen LogP contribution in [0.5, 0.6) is 0 Å². The summed E-state index contributed by atoms with van der Waals surface area (Å²) in [7, 11) is 0. The normalized spacial score (nSPS) is 10.7. The van der Waals surface area contributed by atoms with Gasteiger partial charge < -0.3 is 10.1 Å². The number of aromatic amines is 1. The molecular formula is C9H9N3O3. The van der Waals surface area contributed by atoms with Gasteiger partial charge in [0, 0.05) is 18.8 Å². The molecule has 0 unspecified atom stereocenters. The van der Waals surface area contributed by atoms with Crippen LogP contribution in [-0.4, -0.2) is 25.8 Å². The Balaban J connectivity index is 2.94. The number of fused-ring (bicyclic) bond motifs is 1. The maximum Gasteiger partial charge on any atom is 0.357 e. The van der Waals surface area contributed by atoms with E-state index in [1.165, 1.54) is 16.9 Å². The molecule has 0 fully saturated rings. The van der Waals surface area contributed by atoms with Crippen molar-refractivity contribution < 1.29 is 9.90 Å². The lowest BCUT2D eigenvalue weighted by molar-refractivity contribution is 0.0691. The zero-order valence-corrected chi connectivity index (χ0v) is 8.02. The van der Waals surface area contributed by atoms with Crippen molar-refractivity contribution in [3.05, 3.63) is 28.2 Å². The first-order chi connectivity index (χ1) is 7.15. The quantitative estimate of drug-likeness (QED) is 0.748. The largest absolute Gasteiger partial charge is 0.476 e. The van der Waals surface area contributed by atoms with Crippen LogP contribution >= 0.6 is 0 Å². The van der Waals surface area contributed by atoms with E-state index in [-0.39, 0.29) is 16.5 Å². The van der Waals surface area contributed by atoms with Crippen LogP contribution in [0, 0.1) is 0 Å². The molecule has 0 aliphatic rings. The minimum absolute atomic E-state index is 0.131. The summed E-state index contributed by atoms with van der Waals surface area (Å²) in [4.78, 5) is 25.2. The van der Waals surface area contributed by atoms with Gasteiger partial charge in [0.15, 0.2) is 11.1 Å². The van der Waals surface area contributed by atoms with E-state index in [2.05, 4.69) is 10.1 Å². The van der Waals surface area contributed by atoms with Crippen molar-refractivity contribution in [2.75, 3.05) is 0 Å². The topological polar surface area (TPSA) is 88.0 Å². The molecule has 2 rings (SSSR count). The van der Waals surface area contributed by atoms with E-state index in [1.807, 2.05) is 6.92 Å². The molecule has 2 aromatic rings.